The van der Waals surface area contributed by atoms with Crippen molar-refractivity contribution < 1.29 is 4.74 Å². The van der Waals surface area contributed by atoms with Gasteiger partial charge in [0.15, 0.2) is 0 Å². The second kappa shape index (κ2) is 7.23. The maximum absolute atomic E-state index is 12.4. The lowest BCUT2D eigenvalue weighted by molar-refractivity contribution is 0.0670. The van der Waals surface area contributed by atoms with Crippen molar-refractivity contribution in [3.05, 3.63) is 55.9 Å². The third kappa shape index (κ3) is 3.99. The molecule has 3 rings (SSSR count). The number of aromatic amines is 1. The third-order valence-corrected chi connectivity index (χ3v) is 4.51. The normalized spacial score (nSPS) is 16.6. The highest BCUT2D eigenvalue weighted by Gasteiger charge is 2.20. The maximum atomic E-state index is 12.4. The van der Waals surface area contributed by atoms with Gasteiger partial charge in [0.2, 0.25) is 5.95 Å². The van der Waals surface area contributed by atoms with Gasteiger partial charge < -0.3 is 10.1 Å². The summed E-state index contributed by atoms with van der Waals surface area (Å²) in [6.07, 6.45) is 1.30. The van der Waals surface area contributed by atoms with Crippen molar-refractivity contribution >= 4 is 5.95 Å². The molecular formula is C18H24N4O3. The Kier molecular flexibility index (Phi) is 5.03. The molecule has 1 aliphatic heterocycles. The van der Waals surface area contributed by atoms with Crippen LogP contribution in [0.25, 0.3) is 0 Å². The van der Waals surface area contributed by atoms with E-state index < -0.39 is 11.4 Å². The SMILES string of the molecule is Cc1cc(C)cc([C@H](C)Nc2nc(=O)n(C3CCOCC3)c(=O)[nH]2)c1. The van der Waals surface area contributed by atoms with Gasteiger partial charge >= 0.3 is 11.4 Å². The lowest BCUT2D eigenvalue weighted by Crippen LogP contribution is -2.42. The molecule has 1 fully saturated rings. The molecule has 134 valence electrons. The lowest BCUT2D eigenvalue weighted by atomic mass is 10.0. The molecule has 2 heterocycles. The van der Waals surface area contributed by atoms with Crippen LogP contribution >= 0.6 is 0 Å². The molecule has 0 radical (unpaired) electrons. The van der Waals surface area contributed by atoms with Crippen molar-refractivity contribution in [1.82, 2.24) is 14.5 Å². The third-order valence-electron chi connectivity index (χ3n) is 4.51. The second-order valence-electron chi connectivity index (χ2n) is 6.67. The van der Waals surface area contributed by atoms with Gasteiger partial charge in [-0.25, -0.2) is 14.2 Å². The standard InChI is InChI=1S/C18H24N4O3/c1-11-8-12(2)10-14(9-11)13(3)19-16-20-17(23)22(18(24)21-16)15-4-6-25-7-5-15/h8-10,13,15H,4-7H2,1-3H3,(H2,19,20,21,23,24)/t13-/m0/s1. The molecule has 1 aromatic heterocycles. The highest BCUT2D eigenvalue weighted by molar-refractivity contribution is 5.35. The number of hydrogen-bond acceptors (Lipinski definition) is 5. The number of hydrogen-bond donors (Lipinski definition) is 2. The zero-order valence-corrected chi connectivity index (χ0v) is 14.8. The van der Waals surface area contributed by atoms with Crippen molar-refractivity contribution in [2.24, 2.45) is 0 Å². The Labute approximate surface area is 146 Å². The number of aromatic nitrogens is 3. The summed E-state index contributed by atoms with van der Waals surface area (Å²) in [6.45, 7) is 7.16. The van der Waals surface area contributed by atoms with Crippen molar-refractivity contribution in [3.8, 4) is 0 Å². The van der Waals surface area contributed by atoms with E-state index in [9.17, 15) is 9.59 Å². The summed E-state index contributed by atoms with van der Waals surface area (Å²) < 4.78 is 6.49. The monoisotopic (exact) mass is 344 g/mol. The Balaban J connectivity index is 1.83. The van der Waals surface area contributed by atoms with Crippen LogP contribution in [0.1, 0.15) is 48.5 Å². The quantitative estimate of drug-likeness (QED) is 0.886. The van der Waals surface area contributed by atoms with Gasteiger partial charge in [-0.05, 0) is 39.2 Å². The summed E-state index contributed by atoms with van der Waals surface area (Å²) in [5, 5.41) is 3.12. The van der Waals surface area contributed by atoms with E-state index in [-0.39, 0.29) is 18.0 Å². The van der Waals surface area contributed by atoms with Crippen LogP contribution in [-0.2, 0) is 4.74 Å². The van der Waals surface area contributed by atoms with Crippen LogP contribution in [0.5, 0.6) is 0 Å². The van der Waals surface area contributed by atoms with Gasteiger partial charge in [-0.2, -0.15) is 4.98 Å². The van der Waals surface area contributed by atoms with Gasteiger partial charge in [-0.3, -0.25) is 4.98 Å². The minimum atomic E-state index is -0.522. The molecule has 2 aromatic rings. The van der Waals surface area contributed by atoms with Crippen LogP contribution in [0.15, 0.2) is 27.8 Å². The number of anilines is 1. The highest BCUT2D eigenvalue weighted by Crippen LogP contribution is 2.20. The summed E-state index contributed by atoms with van der Waals surface area (Å²) in [4.78, 5) is 31.4. The number of rotatable bonds is 4. The minimum absolute atomic E-state index is 0.0833. The van der Waals surface area contributed by atoms with Crippen LogP contribution in [0.3, 0.4) is 0 Å². The first-order chi connectivity index (χ1) is 11.9. The van der Waals surface area contributed by atoms with Gasteiger partial charge in [-0.15, -0.1) is 0 Å². The molecule has 2 N–H and O–H groups in total. The Bertz CT molecular complexity index is 814. The van der Waals surface area contributed by atoms with E-state index in [1.54, 1.807) is 0 Å². The number of benzene rings is 1. The van der Waals surface area contributed by atoms with E-state index in [1.165, 1.54) is 15.7 Å². The summed E-state index contributed by atoms with van der Waals surface area (Å²) >= 11 is 0. The fourth-order valence-corrected chi connectivity index (χ4v) is 3.31. The first kappa shape index (κ1) is 17.4. The molecule has 7 heteroatoms. The van der Waals surface area contributed by atoms with E-state index >= 15 is 0 Å². The average Bonchev–Trinajstić information content (AvgIpc) is 2.54. The molecular weight excluding hydrogens is 320 g/mol. The Hall–Kier alpha value is -2.41. The topological polar surface area (TPSA) is 89.0 Å². The molecule has 1 aliphatic rings. The van der Waals surface area contributed by atoms with Gasteiger partial charge in [0.05, 0.1) is 6.04 Å². The molecule has 25 heavy (non-hydrogen) atoms. The number of ether oxygens (including phenoxy) is 1. The highest BCUT2D eigenvalue weighted by atomic mass is 16.5. The summed E-state index contributed by atoms with van der Waals surface area (Å²) in [6, 6.07) is 6.02. The Morgan fingerprint density at radius 2 is 1.84 bits per heavy atom. The molecule has 0 bridgehead atoms. The number of H-pyrrole nitrogens is 1. The zero-order chi connectivity index (χ0) is 18.0. The molecule has 7 nitrogen and oxygen atoms in total. The van der Waals surface area contributed by atoms with Gasteiger partial charge in [0.25, 0.3) is 0 Å². The predicted octanol–water partition coefficient (Wildman–Crippen LogP) is 2.07. The van der Waals surface area contributed by atoms with Crippen LogP contribution in [0.4, 0.5) is 5.95 Å². The Morgan fingerprint density at radius 3 is 2.44 bits per heavy atom. The molecule has 0 saturated carbocycles. The molecule has 0 aliphatic carbocycles. The van der Waals surface area contributed by atoms with Crippen LogP contribution in [0.2, 0.25) is 0 Å². The van der Waals surface area contributed by atoms with E-state index in [0.717, 1.165) is 5.56 Å². The van der Waals surface area contributed by atoms with Crippen molar-refractivity contribution in [1.29, 1.82) is 0 Å². The van der Waals surface area contributed by atoms with Gasteiger partial charge in [0, 0.05) is 19.3 Å². The van der Waals surface area contributed by atoms with Crippen LogP contribution in [-0.4, -0.2) is 27.7 Å². The molecule has 0 amide bonds. The van der Waals surface area contributed by atoms with E-state index in [4.69, 9.17) is 4.74 Å². The maximum Gasteiger partial charge on any atom is 0.355 e. The van der Waals surface area contributed by atoms with E-state index in [2.05, 4.69) is 33.5 Å². The van der Waals surface area contributed by atoms with Gasteiger partial charge in [-0.1, -0.05) is 29.3 Å². The first-order valence-electron chi connectivity index (χ1n) is 8.59. The molecule has 1 atom stereocenters. The Morgan fingerprint density at radius 1 is 1.20 bits per heavy atom. The summed E-state index contributed by atoms with van der Waals surface area (Å²) in [7, 11) is 0. The van der Waals surface area contributed by atoms with E-state index in [0.29, 0.717) is 26.1 Å². The van der Waals surface area contributed by atoms with Gasteiger partial charge in [0.1, 0.15) is 0 Å². The minimum Gasteiger partial charge on any atom is -0.381 e. The molecule has 1 saturated heterocycles. The predicted molar refractivity (Wildman–Crippen MR) is 96.2 cm³/mol. The lowest BCUT2D eigenvalue weighted by Gasteiger charge is -2.23. The fourth-order valence-electron chi connectivity index (χ4n) is 3.31. The largest absolute Gasteiger partial charge is 0.381 e. The summed E-state index contributed by atoms with van der Waals surface area (Å²) in [5.74, 6) is 0.199. The molecule has 1 aromatic carbocycles. The van der Waals surface area contributed by atoms with Crippen LogP contribution in [0, 0.1) is 13.8 Å². The fraction of sp³-hybridized carbons (Fsp3) is 0.500. The molecule has 0 spiro atoms. The van der Waals surface area contributed by atoms with Crippen molar-refractivity contribution in [3.63, 3.8) is 0 Å². The zero-order valence-electron chi connectivity index (χ0n) is 14.8. The number of aryl methyl sites for hydroxylation is 2. The second-order valence-corrected chi connectivity index (χ2v) is 6.67. The van der Waals surface area contributed by atoms with Crippen molar-refractivity contribution in [2.45, 2.75) is 45.7 Å². The first-order valence-corrected chi connectivity index (χ1v) is 8.59. The van der Waals surface area contributed by atoms with E-state index in [1.807, 2.05) is 20.8 Å². The number of nitrogens with zero attached hydrogens (tertiary/aromatic N) is 2. The average molecular weight is 344 g/mol. The van der Waals surface area contributed by atoms with Crippen LogP contribution < -0.4 is 16.7 Å². The smallest absolute Gasteiger partial charge is 0.355 e. The van der Waals surface area contributed by atoms with Crippen molar-refractivity contribution in [2.75, 3.05) is 18.5 Å². The molecule has 0 unspecified atom stereocenters. The summed E-state index contributed by atoms with van der Waals surface area (Å²) in [5.41, 5.74) is 2.46. The number of nitrogens with one attached hydrogen (secondary N) is 2.